The Hall–Kier alpha value is -8.20. The molecule has 65 heavy (non-hydrogen) atoms. The summed E-state index contributed by atoms with van der Waals surface area (Å²) in [6.07, 6.45) is 0. The minimum absolute atomic E-state index is 0.255. The zero-order valence-electron chi connectivity index (χ0n) is 36.6. The van der Waals surface area contributed by atoms with E-state index in [1.54, 1.807) is 0 Å². The third-order valence-corrected chi connectivity index (χ3v) is 13.1. The van der Waals surface area contributed by atoms with Crippen LogP contribution >= 0.6 is 0 Å². The Morgan fingerprint density at radius 1 is 0.231 bits per heavy atom. The van der Waals surface area contributed by atoms with Crippen molar-refractivity contribution in [1.29, 1.82) is 0 Å². The maximum Gasteiger partial charge on any atom is 0.0465 e. The van der Waals surface area contributed by atoms with Crippen LogP contribution in [0, 0.1) is 0 Å². The number of para-hydroxylation sites is 1. The van der Waals surface area contributed by atoms with Crippen molar-refractivity contribution in [2.24, 2.45) is 0 Å². The molecule has 0 aliphatic heterocycles. The van der Waals surface area contributed by atoms with Crippen molar-refractivity contribution < 1.29 is 0 Å². The molecule has 10 aromatic carbocycles. The fourth-order valence-electron chi connectivity index (χ4n) is 9.62. The third-order valence-electron chi connectivity index (χ3n) is 13.1. The van der Waals surface area contributed by atoms with Crippen LogP contribution in [0.4, 0.5) is 34.1 Å². The Morgan fingerprint density at radius 2 is 0.462 bits per heavy atom. The summed E-state index contributed by atoms with van der Waals surface area (Å²) in [5.74, 6) is 0. The maximum atomic E-state index is 2.42. The zero-order chi connectivity index (χ0) is 43.7. The average Bonchev–Trinajstić information content (AvgIpc) is 3.60. The van der Waals surface area contributed by atoms with Gasteiger partial charge in [0.05, 0.1) is 0 Å². The highest BCUT2D eigenvalue weighted by Gasteiger charge is 2.37. The van der Waals surface area contributed by atoms with Gasteiger partial charge in [0.2, 0.25) is 0 Å². The molecule has 1 aliphatic carbocycles. The van der Waals surface area contributed by atoms with E-state index in [9.17, 15) is 0 Å². The monoisotopic (exact) mass is 832 g/mol. The molecule has 0 aromatic heterocycles. The van der Waals surface area contributed by atoms with E-state index in [0.717, 1.165) is 34.1 Å². The molecule has 0 heterocycles. The molecule has 2 nitrogen and oxygen atoms in total. The second-order valence-electron chi connectivity index (χ2n) is 17.4. The lowest BCUT2D eigenvalue weighted by molar-refractivity contribution is 0.660. The lowest BCUT2D eigenvalue weighted by Gasteiger charge is -2.29. The molecule has 10 aromatic rings. The molecule has 0 unspecified atom stereocenters. The zero-order valence-corrected chi connectivity index (χ0v) is 36.6. The predicted molar refractivity (Wildman–Crippen MR) is 275 cm³/mol. The van der Waals surface area contributed by atoms with E-state index >= 15 is 0 Å². The second kappa shape index (κ2) is 16.8. The molecule has 0 bridgehead atoms. The molecule has 0 N–H and O–H groups in total. The molecule has 0 fully saturated rings. The van der Waals surface area contributed by atoms with Gasteiger partial charge in [-0.1, -0.05) is 196 Å². The van der Waals surface area contributed by atoms with E-state index in [1.807, 2.05) is 0 Å². The standard InChI is InChI=1S/C63H48N2/c1-63(2)61-43-57(64(53-21-13-6-14-22-53)54-37-31-52(32-38-54)49-25-23-48(24-26-49)45-15-7-3-8-16-45)39-41-59(61)60-42-40-58(44-62(60)63)65(55-33-27-50(28-34-55)46-17-9-4-10-18-46)56-35-29-51(30-36-56)47-19-11-5-12-20-47/h3-44H,1-2H3. The lowest BCUT2D eigenvalue weighted by Crippen LogP contribution is -2.17. The fourth-order valence-corrected chi connectivity index (χ4v) is 9.62. The molecule has 0 spiro atoms. The number of anilines is 6. The summed E-state index contributed by atoms with van der Waals surface area (Å²) in [5.41, 5.74) is 21.3. The highest BCUT2D eigenvalue weighted by molar-refractivity contribution is 5.89. The largest absolute Gasteiger partial charge is 0.310 e. The summed E-state index contributed by atoms with van der Waals surface area (Å²) in [7, 11) is 0. The molecule has 0 saturated heterocycles. The molecule has 2 heteroatoms. The lowest BCUT2D eigenvalue weighted by atomic mass is 9.82. The Labute approximate surface area is 383 Å². The maximum absolute atomic E-state index is 2.42. The number of fused-ring (bicyclic) bond motifs is 3. The average molecular weight is 833 g/mol. The van der Waals surface area contributed by atoms with Gasteiger partial charge in [-0.2, -0.15) is 0 Å². The van der Waals surface area contributed by atoms with Crippen molar-refractivity contribution in [2.75, 3.05) is 9.80 Å². The van der Waals surface area contributed by atoms with Gasteiger partial charge in [0.15, 0.2) is 0 Å². The van der Waals surface area contributed by atoms with Crippen molar-refractivity contribution in [2.45, 2.75) is 19.3 Å². The first kappa shape index (κ1) is 39.6. The van der Waals surface area contributed by atoms with Crippen LogP contribution in [-0.4, -0.2) is 0 Å². The molecular formula is C63H48N2. The van der Waals surface area contributed by atoms with Gasteiger partial charge in [-0.15, -0.1) is 0 Å². The topological polar surface area (TPSA) is 6.48 Å². The Balaban J connectivity index is 0.940. The summed E-state index contributed by atoms with van der Waals surface area (Å²) in [5, 5.41) is 0. The number of hydrogen-bond acceptors (Lipinski definition) is 2. The van der Waals surface area contributed by atoms with E-state index in [4.69, 9.17) is 0 Å². The van der Waals surface area contributed by atoms with Crippen LogP contribution in [-0.2, 0) is 5.41 Å². The van der Waals surface area contributed by atoms with E-state index in [1.165, 1.54) is 66.8 Å². The van der Waals surface area contributed by atoms with Crippen molar-refractivity contribution in [3.05, 3.63) is 266 Å². The van der Waals surface area contributed by atoms with Gasteiger partial charge < -0.3 is 9.80 Å². The van der Waals surface area contributed by atoms with Crippen LogP contribution in [0.2, 0.25) is 0 Å². The van der Waals surface area contributed by atoms with Gasteiger partial charge in [-0.25, -0.2) is 0 Å². The smallest absolute Gasteiger partial charge is 0.0465 e. The molecule has 1 aliphatic rings. The molecule has 0 amide bonds. The Morgan fingerprint density at radius 3 is 0.769 bits per heavy atom. The summed E-state index contributed by atoms with van der Waals surface area (Å²) < 4.78 is 0. The van der Waals surface area contributed by atoms with Crippen molar-refractivity contribution in [3.8, 4) is 55.6 Å². The summed E-state index contributed by atoms with van der Waals surface area (Å²) >= 11 is 0. The van der Waals surface area contributed by atoms with Gasteiger partial charge >= 0.3 is 0 Å². The molecular weight excluding hydrogens is 785 g/mol. The summed E-state index contributed by atoms with van der Waals surface area (Å²) in [4.78, 5) is 4.78. The van der Waals surface area contributed by atoms with Crippen LogP contribution in [0.25, 0.3) is 55.6 Å². The van der Waals surface area contributed by atoms with Crippen molar-refractivity contribution in [1.82, 2.24) is 0 Å². The first-order chi connectivity index (χ1) is 32.0. The van der Waals surface area contributed by atoms with Gasteiger partial charge in [0.25, 0.3) is 0 Å². The van der Waals surface area contributed by atoms with Gasteiger partial charge in [0.1, 0.15) is 0 Å². The van der Waals surface area contributed by atoms with Crippen molar-refractivity contribution >= 4 is 34.1 Å². The second-order valence-corrected chi connectivity index (χ2v) is 17.4. The number of benzene rings is 10. The minimum atomic E-state index is -0.255. The van der Waals surface area contributed by atoms with Crippen LogP contribution in [0.1, 0.15) is 25.0 Å². The fraction of sp³-hybridized carbons (Fsp3) is 0.0476. The van der Waals surface area contributed by atoms with Gasteiger partial charge in [-0.05, 0) is 140 Å². The molecule has 11 rings (SSSR count). The number of nitrogens with zero attached hydrogens (tertiary/aromatic N) is 2. The minimum Gasteiger partial charge on any atom is -0.310 e. The molecule has 0 radical (unpaired) electrons. The van der Waals surface area contributed by atoms with E-state index in [0.29, 0.717) is 0 Å². The van der Waals surface area contributed by atoms with E-state index in [-0.39, 0.29) is 5.41 Å². The summed E-state index contributed by atoms with van der Waals surface area (Å²) in [6, 6.07) is 92.4. The Kier molecular flexibility index (Phi) is 10.3. The first-order valence-corrected chi connectivity index (χ1v) is 22.5. The highest BCUT2D eigenvalue weighted by atomic mass is 15.1. The van der Waals surface area contributed by atoms with Crippen molar-refractivity contribution in [3.63, 3.8) is 0 Å². The third kappa shape index (κ3) is 7.60. The SMILES string of the molecule is CC1(C)c2cc(N(c3ccccc3)c3ccc(-c4ccc(-c5ccccc5)cc4)cc3)ccc2-c2ccc(N(c3ccc(-c4ccccc4)cc3)c3ccc(-c4ccccc4)cc3)cc21. The van der Waals surface area contributed by atoms with E-state index in [2.05, 4.69) is 278 Å². The predicted octanol–water partition coefficient (Wildman–Crippen LogP) is 17.6. The normalized spacial score (nSPS) is 12.3. The van der Waals surface area contributed by atoms with E-state index < -0.39 is 0 Å². The van der Waals surface area contributed by atoms with Crippen LogP contribution in [0.5, 0.6) is 0 Å². The van der Waals surface area contributed by atoms with Crippen LogP contribution in [0.3, 0.4) is 0 Å². The number of rotatable bonds is 10. The van der Waals surface area contributed by atoms with Gasteiger partial charge in [-0.3, -0.25) is 0 Å². The summed E-state index contributed by atoms with van der Waals surface area (Å²) in [6.45, 7) is 4.76. The highest BCUT2D eigenvalue weighted by Crippen LogP contribution is 2.52. The van der Waals surface area contributed by atoms with Crippen LogP contribution in [0.15, 0.2) is 255 Å². The number of hydrogen-bond donors (Lipinski definition) is 0. The molecule has 0 atom stereocenters. The quantitative estimate of drug-likeness (QED) is 0.135. The Bertz CT molecular complexity index is 3130. The first-order valence-electron chi connectivity index (χ1n) is 22.5. The molecule has 0 saturated carbocycles. The molecule has 310 valence electrons. The van der Waals surface area contributed by atoms with Crippen LogP contribution < -0.4 is 9.80 Å². The van der Waals surface area contributed by atoms with Gasteiger partial charge in [0, 0.05) is 39.5 Å².